The molecule has 0 saturated heterocycles. The highest BCUT2D eigenvalue weighted by molar-refractivity contribution is 5.67. The van der Waals surface area contributed by atoms with Crippen LogP contribution in [-0.2, 0) is 9.53 Å². The van der Waals surface area contributed by atoms with Crippen LogP contribution in [0.5, 0.6) is 0 Å². The fourth-order valence-corrected chi connectivity index (χ4v) is 1.59. The fraction of sp³-hybridized carbons (Fsp3) is 0.462. The molecule has 1 aromatic rings. The van der Waals surface area contributed by atoms with Crippen molar-refractivity contribution in [3.05, 3.63) is 35.4 Å². The Morgan fingerprint density at radius 1 is 1.25 bits per heavy atom. The third kappa shape index (κ3) is 3.35. The van der Waals surface area contributed by atoms with E-state index in [9.17, 15) is 4.79 Å². The molecule has 0 heterocycles. The molecule has 0 spiro atoms. The summed E-state index contributed by atoms with van der Waals surface area (Å²) in [6, 6.07) is 7.92. The van der Waals surface area contributed by atoms with Crippen LogP contribution < -0.4 is 0 Å². The largest absolute Gasteiger partial charge is 0.481 e. The molecule has 1 N–H and O–H groups in total. The minimum absolute atomic E-state index is 0.00246. The van der Waals surface area contributed by atoms with Gasteiger partial charge in [0.05, 0.1) is 12.5 Å². The van der Waals surface area contributed by atoms with Gasteiger partial charge in [-0.05, 0) is 17.0 Å². The Balaban J connectivity index is 2.82. The molecule has 0 bridgehead atoms. The van der Waals surface area contributed by atoms with Crippen LogP contribution in [0.25, 0.3) is 0 Å². The van der Waals surface area contributed by atoms with Crippen LogP contribution in [0.2, 0.25) is 0 Å². The lowest BCUT2D eigenvalue weighted by Gasteiger charge is -2.14. The smallest absolute Gasteiger partial charge is 0.306 e. The van der Waals surface area contributed by atoms with Gasteiger partial charge in [-0.1, -0.05) is 38.1 Å². The van der Waals surface area contributed by atoms with Gasteiger partial charge in [-0.2, -0.15) is 0 Å². The first kappa shape index (κ1) is 12.7. The highest BCUT2D eigenvalue weighted by Gasteiger charge is 2.14. The third-order valence-electron chi connectivity index (χ3n) is 2.62. The van der Waals surface area contributed by atoms with E-state index < -0.39 is 5.97 Å². The highest BCUT2D eigenvalue weighted by Crippen LogP contribution is 2.23. The van der Waals surface area contributed by atoms with Crippen molar-refractivity contribution in [1.29, 1.82) is 0 Å². The van der Waals surface area contributed by atoms with Crippen LogP contribution in [0, 0.1) is 0 Å². The minimum atomic E-state index is -0.847. The van der Waals surface area contributed by atoms with E-state index in [1.54, 1.807) is 0 Å². The van der Waals surface area contributed by atoms with E-state index in [2.05, 4.69) is 13.8 Å². The quantitative estimate of drug-likeness (QED) is 0.833. The molecular formula is C13H18O3. The number of carbonyl (C=O) groups is 1. The van der Waals surface area contributed by atoms with Gasteiger partial charge in [0.15, 0.2) is 0 Å². The summed E-state index contributed by atoms with van der Waals surface area (Å²) in [7, 11) is 1.53. The molecule has 88 valence electrons. The van der Waals surface area contributed by atoms with Gasteiger partial charge >= 0.3 is 5.97 Å². The molecule has 1 atom stereocenters. The van der Waals surface area contributed by atoms with Gasteiger partial charge in [0.25, 0.3) is 0 Å². The summed E-state index contributed by atoms with van der Waals surface area (Å²) in [6.45, 7) is 4.25. The summed E-state index contributed by atoms with van der Waals surface area (Å²) in [6.07, 6.45) is -0.365. The van der Waals surface area contributed by atoms with E-state index in [4.69, 9.17) is 9.84 Å². The Labute approximate surface area is 96.1 Å². The van der Waals surface area contributed by atoms with Crippen molar-refractivity contribution in [2.24, 2.45) is 0 Å². The van der Waals surface area contributed by atoms with Crippen molar-refractivity contribution in [2.45, 2.75) is 32.3 Å². The normalized spacial score (nSPS) is 12.8. The van der Waals surface area contributed by atoms with E-state index in [-0.39, 0.29) is 12.5 Å². The Hall–Kier alpha value is -1.35. The predicted molar refractivity (Wildman–Crippen MR) is 62.5 cm³/mol. The molecule has 0 aromatic heterocycles. The van der Waals surface area contributed by atoms with Crippen LogP contribution in [-0.4, -0.2) is 18.2 Å². The number of methoxy groups -OCH3 is 1. The van der Waals surface area contributed by atoms with Crippen molar-refractivity contribution < 1.29 is 14.6 Å². The van der Waals surface area contributed by atoms with Crippen LogP contribution in [0.15, 0.2) is 24.3 Å². The average molecular weight is 222 g/mol. The van der Waals surface area contributed by atoms with Gasteiger partial charge in [-0.3, -0.25) is 4.79 Å². The maximum absolute atomic E-state index is 10.6. The van der Waals surface area contributed by atoms with Gasteiger partial charge in [-0.15, -0.1) is 0 Å². The molecule has 0 aliphatic heterocycles. The van der Waals surface area contributed by atoms with Gasteiger partial charge < -0.3 is 9.84 Å². The number of rotatable bonds is 5. The molecular weight excluding hydrogens is 204 g/mol. The van der Waals surface area contributed by atoms with Gasteiger partial charge in [0, 0.05) is 7.11 Å². The lowest BCUT2D eigenvalue weighted by molar-refractivity contribution is -0.139. The summed E-state index contributed by atoms with van der Waals surface area (Å²) in [4.78, 5) is 10.6. The van der Waals surface area contributed by atoms with E-state index in [0.29, 0.717) is 5.92 Å². The maximum atomic E-state index is 10.6. The standard InChI is InChI=1S/C13H18O3/c1-9(2)10-4-6-11(7-5-10)12(16-3)8-13(14)15/h4-7,9,12H,8H2,1-3H3,(H,14,15). The zero-order chi connectivity index (χ0) is 12.1. The molecule has 0 saturated carbocycles. The summed E-state index contributed by atoms with van der Waals surface area (Å²) >= 11 is 0. The molecule has 1 unspecified atom stereocenters. The first-order chi connectivity index (χ1) is 7.54. The molecule has 1 rings (SSSR count). The summed E-state index contributed by atoms with van der Waals surface area (Å²) in [5, 5.41) is 8.74. The number of benzene rings is 1. The van der Waals surface area contributed by atoms with E-state index in [0.717, 1.165) is 5.56 Å². The van der Waals surface area contributed by atoms with Crippen molar-refractivity contribution in [2.75, 3.05) is 7.11 Å². The first-order valence-electron chi connectivity index (χ1n) is 5.39. The van der Waals surface area contributed by atoms with Crippen LogP contribution in [0.1, 0.15) is 43.4 Å². The first-order valence-corrected chi connectivity index (χ1v) is 5.39. The van der Waals surface area contributed by atoms with Crippen molar-refractivity contribution in [3.8, 4) is 0 Å². The van der Waals surface area contributed by atoms with Crippen LogP contribution in [0.3, 0.4) is 0 Å². The van der Waals surface area contributed by atoms with Crippen molar-refractivity contribution in [1.82, 2.24) is 0 Å². The number of ether oxygens (including phenoxy) is 1. The maximum Gasteiger partial charge on any atom is 0.306 e. The monoisotopic (exact) mass is 222 g/mol. The molecule has 3 nitrogen and oxygen atoms in total. The number of aliphatic carboxylic acids is 1. The van der Waals surface area contributed by atoms with E-state index in [1.165, 1.54) is 12.7 Å². The second-order valence-electron chi connectivity index (χ2n) is 4.14. The molecule has 0 amide bonds. The van der Waals surface area contributed by atoms with E-state index in [1.807, 2.05) is 24.3 Å². The van der Waals surface area contributed by atoms with E-state index >= 15 is 0 Å². The van der Waals surface area contributed by atoms with Crippen LogP contribution in [0.4, 0.5) is 0 Å². The number of carboxylic acids is 1. The van der Waals surface area contributed by atoms with Crippen molar-refractivity contribution in [3.63, 3.8) is 0 Å². The highest BCUT2D eigenvalue weighted by atomic mass is 16.5. The Morgan fingerprint density at radius 3 is 2.12 bits per heavy atom. The van der Waals surface area contributed by atoms with Crippen LogP contribution >= 0.6 is 0 Å². The molecule has 3 heteroatoms. The average Bonchev–Trinajstić information content (AvgIpc) is 2.25. The van der Waals surface area contributed by atoms with Crippen molar-refractivity contribution >= 4 is 5.97 Å². The molecule has 16 heavy (non-hydrogen) atoms. The number of hydrogen-bond donors (Lipinski definition) is 1. The lowest BCUT2D eigenvalue weighted by atomic mass is 9.99. The third-order valence-corrected chi connectivity index (χ3v) is 2.62. The van der Waals surface area contributed by atoms with Gasteiger partial charge in [-0.25, -0.2) is 0 Å². The Morgan fingerprint density at radius 2 is 1.75 bits per heavy atom. The fourth-order valence-electron chi connectivity index (χ4n) is 1.59. The topological polar surface area (TPSA) is 46.5 Å². The zero-order valence-electron chi connectivity index (χ0n) is 9.93. The number of hydrogen-bond acceptors (Lipinski definition) is 2. The number of carboxylic acid groups (broad SMARTS) is 1. The molecule has 0 fully saturated rings. The second-order valence-corrected chi connectivity index (χ2v) is 4.14. The summed E-state index contributed by atoms with van der Waals surface area (Å²) < 4.78 is 5.17. The predicted octanol–water partition coefficient (Wildman–Crippen LogP) is 2.97. The molecule has 0 radical (unpaired) electrons. The molecule has 1 aromatic carbocycles. The Bertz CT molecular complexity index is 341. The lowest BCUT2D eigenvalue weighted by Crippen LogP contribution is -2.08. The van der Waals surface area contributed by atoms with Gasteiger partial charge in [0.1, 0.15) is 0 Å². The summed E-state index contributed by atoms with van der Waals surface area (Å²) in [5.74, 6) is -0.366. The minimum Gasteiger partial charge on any atom is -0.481 e. The molecule has 0 aliphatic rings. The van der Waals surface area contributed by atoms with Gasteiger partial charge in [0.2, 0.25) is 0 Å². The SMILES string of the molecule is COC(CC(=O)O)c1ccc(C(C)C)cc1. The Kier molecular flexibility index (Phi) is 4.50. The zero-order valence-corrected chi connectivity index (χ0v) is 9.93. The summed E-state index contributed by atoms with van der Waals surface area (Å²) in [5.41, 5.74) is 2.16. The second kappa shape index (κ2) is 5.66. The molecule has 0 aliphatic carbocycles.